The van der Waals surface area contributed by atoms with Gasteiger partial charge >= 0.3 is 5.97 Å². The second-order valence-corrected chi connectivity index (χ2v) is 4.84. The zero-order valence-electron chi connectivity index (χ0n) is 9.67. The fourth-order valence-electron chi connectivity index (χ4n) is 1.35. The first-order chi connectivity index (χ1) is 7.27. The van der Waals surface area contributed by atoms with Crippen molar-refractivity contribution in [3.8, 4) is 5.88 Å². The Morgan fingerprint density at radius 3 is 2.44 bits per heavy atom. The normalized spacial score (nSPS) is 11.3. The van der Waals surface area contributed by atoms with Crippen LogP contribution in [0, 0.1) is 0 Å². The summed E-state index contributed by atoms with van der Waals surface area (Å²) in [6.07, 6.45) is 0. The van der Waals surface area contributed by atoms with Crippen molar-refractivity contribution in [2.75, 3.05) is 7.11 Å². The number of carbonyl (C=O) groups is 1. The van der Waals surface area contributed by atoms with Crippen LogP contribution >= 0.6 is 11.6 Å². The second-order valence-electron chi connectivity index (χ2n) is 4.43. The third-order valence-electron chi connectivity index (χ3n) is 2.15. The van der Waals surface area contributed by atoms with Gasteiger partial charge in [-0.15, -0.1) is 0 Å². The van der Waals surface area contributed by atoms with Gasteiger partial charge in [0.05, 0.1) is 7.11 Å². The lowest BCUT2D eigenvalue weighted by molar-refractivity contribution is 0.0686. The molecule has 0 aromatic carbocycles. The molecular formula is C11H14ClNO3. The molecule has 0 saturated carbocycles. The van der Waals surface area contributed by atoms with Crippen LogP contribution in [0.1, 0.15) is 36.8 Å². The first kappa shape index (κ1) is 12.8. The Bertz CT molecular complexity index is 424. The Balaban J connectivity index is 3.49. The van der Waals surface area contributed by atoms with Gasteiger partial charge in [0.25, 0.3) is 0 Å². The molecule has 5 heteroatoms. The smallest absolute Gasteiger partial charge is 0.354 e. The van der Waals surface area contributed by atoms with Crippen LogP contribution in [-0.2, 0) is 5.41 Å². The summed E-state index contributed by atoms with van der Waals surface area (Å²) in [5.74, 6) is -0.952. The first-order valence-corrected chi connectivity index (χ1v) is 5.13. The summed E-state index contributed by atoms with van der Waals surface area (Å²) in [4.78, 5) is 15.0. The number of methoxy groups -OCH3 is 1. The van der Waals surface area contributed by atoms with E-state index in [0.717, 1.165) is 0 Å². The van der Waals surface area contributed by atoms with Gasteiger partial charge < -0.3 is 9.84 Å². The molecule has 0 fully saturated rings. The van der Waals surface area contributed by atoms with E-state index in [1.54, 1.807) is 6.07 Å². The molecule has 1 rings (SSSR count). The highest BCUT2D eigenvalue weighted by Crippen LogP contribution is 2.31. The highest BCUT2D eigenvalue weighted by atomic mass is 35.5. The Morgan fingerprint density at radius 2 is 2.06 bits per heavy atom. The summed E-state index contributed by atoms with van der Waals surface area (Å²) < 4.78 is 4.90. The number of carboxylic acid groups (broad SMARTS) is 1. The summed E-state index contributed by atoms with van der Waals surface area (Å²) in [5.41, 5.74) is 0.232. The van der Waals surface area contributed by atoms with Crippen LogP contribution < -0.4 is 4.74 Å². The van der Waals surface area contributed by atoms with Gasteiger partial charge in [-0.25, -0.2) is 9.78 Å². The highest BCUT2D eigenvalue weighted by Gasteiger charge is 2.25. The van der Waals surface area contributed by atoms with Crippen molar-refractivity contribution in [2.24, 2.45) is 0 Å². The largest absolute Gasteiger partial charge is 0.480 e. The minimum absolute atomic E-state index is 0.0197. The molecule has 0 unspecified atom stereocenters. The van der Waals surface area contributed by atoms with E-state index in [2.05, 4.69) is 4.98 Å². The van der Waals surface area contributed by atoms with Gasteiger partial charge in [-0.2, -0.15) is 0 Å². The van der Waals surface area contributed by atoms with Crippen molar-refractivity contribution >= 4 is 17.6 Å². The fraction of sp³-hybridized carbons (Fsp3) is 0.455. The van der Waals surface area contributed by atoms with E-state index < -0.39 is 5.97 Å². The zero-order chi connectivity index (χ0) is 12.5. The van der Waals surface area contributed by atoms with Crippen LogP contribution in [0.15, 0.2) is 6.07 Å². The Kier molecular flexibility index (Phi) is 3.43. The lowest BCUT2D eigenvalue weighted by atomic mass is 9.86. The predicted molar refractivity (Wildman–Crippen MR) is 61.5 cm³/mol. The average Bonchev–Trinajstić information content (AvgIpc) is 2.15. The molecule has 0 saturated heterocycles. The van der Waals surface area contributed by atoms with Crippen molar-refractivity contribution in [1.82, 2.24) is 4.98 Å². The molecule has 88 valence electrons. The SMILES string of the molecule is COc1nc(C(=O)O)c(C(C)(C)C)cc1Cl. The quantitative estimate of drug-likeness (QED) is 0.868. The van der Waals surface area contributed by atoms with Crippen molar-refractivity contribution < 1.29 is 14.6 Å². The van der Waals surface area contributed by atoms with E-state index in [9.17, 15) is 4.79 Å². The molecule has 4 nitrogen and oxygen atoms in total. The predicted octanol–water partition coefficient (Wildman–Crippen LogP) is 2.74. The summed E-state index contributed by atoms with van der Waals surface area (Å²) in [6, 6.07) is 1.59. The van der Waals surface area contributed by atoms with Crippen LogP contribution in [0.25, 0.3) is 0 Å². The summed E-state index contributed by atoms with van der Waals surface area (Å²) in [7, 11) is 1.40. The minimum Gasteiger partial charge on any atom is -0.480 e. The number of pyridine rings is 1. The first-order valence-electron chi connectivity index (χ1n) is 4.75. The highest BCUT2D eigenvalue weighted by molar-refractivity contribution is 6.32. The third-order valence-corrected chi connectivity index (χ3v) is 2.42. The molecule has 0 aliphatic rings. The summed E-state index contributed by atoms with van der Waals surface area (Å²) in [5, 5.41) is 9.40. The summed E-state index contributed by atoms with van der Waals surface area (Å²) in [6.45, 7) is 5.71. The van der Waals surface area contributed by atoms with Crippen molar-refractivity contribution in [1.29, 1.82) is 0 Å². The van der Waals surface area contributed by atoms with Gasteiger partial charge in [0.2, 0.25) is 5.88 Å². The number of aromatic carboxylic acids is 1. The van der Waals surface area contributed by atoms with Gasteiger partial charge in [0.1, 0.15) is 5.02 Å². The standard InChI is InChI=1S/C11H14ClNO3/c1-11(2,3)6-5-7(12)9(16-4)13-8(6)10(14)15/h5H,1-4H3,(H,14,15). The lowest BCUT2D eigenvalue weighted by Crippen LogP contribution is -2.18. The van der Waals surface area contributed by atoms with E-state index in [0.29, 0.717) is 10.6 Å². The topological polar surface area (TPSA) is 59.4 Å². The maximum Gasteiger partial charge on any atom is 0.354 e. The van der Waals surface area contributed by atoms with E-state index >= 15 is 0 Å². The third kappa shape index (κ3) is 2.44. The Labute approximate surface area is 99.2 Å². The van der Waals surface area contributed by atoms with E-state index in [-0.39, 0.29) is 17.0 Å². The molecule has 1 aromatic heterocycles. The molecule has 0 atom stereocenters. The Hall–Kier alpha value is -1.29. The maximum absolute atomic E-state index is 11.1. The molecule has 0 aliphatic heterocycles. The van der Waals surface area contributed by atoms with Crippen LogP contribution in [0.3, 0.4) is 0 Å². The molecule has 0 amide bonds. The second kappa shape index (κ2) is 4.29. The zero-order valence-corrected chi connectivity index (χ0v) is 10.4. The lowest BCUT2D eigenvalue weighted by Gasteiger charge is -2.21. The number of ether oxygens (including phenoxy) is 1. The van der Waals surface area contributed by atoms with Gasteiger partial charge in [-0.3, -0.25) is 0 Å². The van der Waals surface area contributed by atoms with Crippen molar-refractivity contribution in [3.63, 3.8) is 0 Å². The molecule has 0 radical (unpaired) electrons. The van der Waals surface area contributed by atoms with Gasteiger partial charge in [-0.05, 0) is 17.0 Å². The number of rotatable bonds is 2. The van der Waals surface area contributed by atoms with Crippen LogP contribution in [-0.4, -0.2) is 23.2 Å². The molecule has 1 aromatic rings. The van der Waals surface area contributed by atoms with Gasteiger partial charge in [0, 0.05) is 0 Å². The van der Waals surface area contributed by atoms with Gasteiger partial charge in [0.15, 0.2) is 5.69 Å². The average molecular weight is 244 g/mol. The van der Waals surface area contributed by atoms with Crippen molar-refractivity contribution in [3.05, 3.63) is 22.3 Å². The molecular weight excluding hydrogens is 230 g/mol. The monoisotopic (exact) mass is 243 g/mol. The molecule has 1 heterocycles. The van der Waals surface area contributed by atoms with E-state index in [1.165, 1.54) is 7.11 Å². The number of hydrogen-bond acceptors (Lipinski definition) is 3. The minimum atomic E-state index is -1.08. The molecule has 1 N–H and O–H groups in total. The Morgan fingerprint density at radius 1 is 1.50 bits per heavy atom. The van der Waals surface area contributed by atoms with Crippen LogP contribution in [0.4, 0.5) is 0 Å². The van der Waals surface area contributed by atoms with E-state index in [1.807, 2.05) is 20.8 Å². The molecule has 0 spiro atoms. The van der Waals surface area contributed by atoms with Gasteiger partial charge in [-0.1, -0.05) is 32.4 Å². The van der Waals surface area contributed by atoms with E-state index in [4.69, 9.17) is 21.4 Å². The maximum atomic E-state index is 11.1. The van der Waals surface area contributed by atoms with Crippen LogP contribution in [0.2, 0.25) is 5.02 Å². The number of carboxylic acids is 1. The molecule has 0 aliphatic carbocycles. The number of nitrogens with zero attached hydrogens (tertiary/aromatic N) is 1. The molecule has 16 heavy (non-hydrogen) atoms. The molecule has 0 bridgehead atoms. The number of aromatic nitrogens is 1. The van der Waals surface area contributed by atoms with Crippen LogP contribution in [0.5, 0.6) is 5.88 Å². The number of hydrogen-bond donors (Lipinski definition) is 1. The summed E-state index contributed by atoms with van der Waals surface area (Å²) >= 11 is 5.93. The fourth-order valence-corrected chi connectivity index (χ4v) is 1.58. The van der Waals surface area contributed by atoms with Crippen molar-refractivity contribution in [2.45, 2.75) is 26.2 Å². The number of halogens is 1.